The van der Waals surface area contributed by atoms with Crippen molar-refractivity contribution in [3.05, 3.63) is 48.0 Å². The molecule has 0 bridgehead atoms. The molecule has 1 aliphatic rings. The Morgan fingerprint density at radius 2 is 1.73 bits per heavy atom. The summed E-state index contributed by atoms with van der Waals surface area (Å²) < 4.78 is 0. The molecule has 1 saturated heterocycles. The summed E-state index contributed by atoms with van der Waals surface area (Å²) in [7, 11) is 1.50. The first-order valence-corrected chi connectivity index (χ1v) is 8.71. The fraction of sp³-hybridized carbons (Fsp3) is 0.350. The molecule has 0 atom stereocenters. The first-order valence-electron chi connectivity index (χ1n) is 8.71. The third-order valence-corrected chi connectivity index (χ3v) is 4.90. The van der Waals surface area contributed by atoms with Crippen molar-refractivity contribution in [1.29, 1.82) is 0 Å². The number of aliphatic carboxylic acids is 1. The number of carboxylic acid groups (broad SMARTS) is 1. The Balaban J connectivity index is 1.67. The number of carbonyl (C=O) groups excluding carboxylic acids is 2. The van der Waals surface area contributed by atoms with Gasteiger partial charge in [-0.2, -0.15) is 0 Å². The largest absolute Gasteiger partial charge is 0.480 e. The molecule has 0 radical (unpaired) electrons. The van der Waals surface area contributed by atoms with Gasteiger partial charge in [-0.1, -0.05) is 36.4 Å². The van der Waals surface area contributed by atoms with E-state index in [1.807, 2.05) is 42.5 Å². The van der Waals surface area contributed by atoms with Gasteiger partial charge < -0.3 is 14.9 Å². The minimum atomic E-state index is -1.02. The van der Waals surface area contributed by atoms with E-state index in [-0.39, 0.29) is 24.3 Å². The maximum Gasteiger partial charge on any atom is 0.323 e. The summed E-state index contributed by atoms with van der Waals surface area (Å²) in [5.74, 6) is -1.43. The molecule has 6 heteroatoms. The molecule has 1 N–H and O–H groups in total. The second-order valence-electron chi connectivity index (χ2n) is 6.68. The smallest absolute Gasteiger partial charge is 0.323 e. The van der Waals surface area contributed by atoms with Crippen LogP contribution >= 0.6 is 0 Å². The van der Waals surface area contributed by atoms with Gasteiger partial charge in [0.2, 0.25) is 5.91 Å². The van der Waals surface area contributed by atoms with Gasteiger partial charge >= 0.3 is 5.97 Å². The summed E-state index contributed by atoms with van der Waals surface area (Å²) in [5.41, 5.74) is 0.677. The van der Waals surface area contributed by atoms with Crippen LogP contribution in [0.25, 0.3) is 10.8 Å². The molecular weight excluding hydrogens is 332 g/mol. The Morgan fingerprint density at radius 3 is 2.42 bits per heavy atom. The molecule has 0 spiro atoms. The third-order valence-electron chi connectivity index (χ3n) is 4.90. The number of hydrogen-bond donors (Lipinski definition) is 1. The Hall–Kier alpha value is -2.89. The summed E-state index contributed by atoms with van der Waals surface area (Å²) in [6.07, 6.45) is 1.11. The zero-order chi connectivity index (χ0) is 18.7. The lowest BCUT2D eigenvalue weighted by Crippen LogP contribution is -2.44. The molecule has 2 amide bonds. The Morgan fingerprint density at radius 1 is 1.08 bits per heavy atom. The lowest BCUT2D eigenvalue weighted by molar-refractivity contribution is -0.145. The number of piperidine rings is 1. The molecule has 0 aliphatic carbocycles. The maximum atomic E-state index is 12.9. The second kappa shape index (κ2) is 7.56. The topological polar surface area (TPSA) is 77.9 Å². The number of rotatable bonds is 4. The Kier molecular flexibility index (Phi) is 5.21. The summed E-state index contributed by atoms with van der Waals surface area (Å²) >= 11 is 0. The van der Waals surface area contributed by atoms with Crippen molar-refractivity contribution in [1.82, 2.24) is 9.80 Å². The normalized spacial score (nSPS) is 15.0. The highest BCUT2D eigenvalue weighted by atomic mass is 16.4. The Labute approximate surface area is 152 Å². The fourth-order valence-electron chi connectivity index (χ4n) is 3.50. The van der Waals surface area contributed by atoms with Crippen LogP contribution in [0.15, 0.2) is 42.5 Å². The number of carboxylic acids is 1. The predicted molar refractivity (Wildman–Crippen MR) is 97.8 cm³/mol. The van der Waals surface area contributed by atoms with Crippen LogP contribution in [0.3, 0.4) is 0 Å². The van der Waals surface area contributed by atoms with E-state index >= 15 is 0 Å². The van der Waals surface area contributed by atoms with Crippen LogP contribution in [0.4, 0.5) is 0 Å². The zero-order valence-corrected chi connectivity index (χ0v) is 14.7. The van der Waals surface area contributed by atoms with Gasteiger partial charge in [-0.25, -0.2) is 0 Å². The number of likely N-dealkylation sites (tertiary alicyclic amines) is 1. The van der Waals surface area contributed by atoms with Gasteiger partial charge in [0.15, 0.2) is 0 Å². The molecule has 1 fully saturated rings. The summed E-state index contributed by atoms with van der Waals surface area (Å²) in [4.78, 5) is 39.0. The van der Waals surface area contributed by atoms with Gasteiger partial charge in [-0.3, -0.25) is 14.4 Å². The van der Waals surface area contributed by atoms with Crippen LogP contribution in [-0.4, -0.2) is 59.4 Å². The first kappa shape index (κ1) is 17.9. The van der Waals surface area contributed by atoms with Crippen molar-refractivity contribution in [2.24, 2.45) is 5.92 Å². The molecule has 1 heterocycles. The van der Waals surface area contributed by atoms with Crippen LogP contribution in [0.1, 0.15) is 23.2 Å². The zero-order valence-electron chi connectivity index (χ0n) is 14.7. The van der Waals surface area contributed by atoms with E-state index in [1.165, 1.54) is 11.9 Å². The minimum absolute atomic E-state index is 0.0217. The van der Waals surface area contributed by atoms with Crippen molar-refractivity contribution in [3.8, 4) is 0 Å². The van der Waals surface area contributed by atoms with Crippen molar-refractivity contribution >= 4 is 28.6 Å². The van der Waals surface area contributed by atoms with Crippen LogP contribution in [-0.2, 0) is 9.59 Å². The van der Waals surface area contributed by atoms with Gasteiger partial charge in [0.05, 0.1) is 0 Å². The van der Waals surface area contributed by atoms with E-state index in [4.69, 9.17) is 5.11 Å². The molecule has 2 aromatic carbocycles. The quantitative estimate of drug-likeness (QED) is 0.913. The Bertz CT molecular complexity index is 835. The first-order chi connectivity index (χ1) is 12.5. The number of benzene rings is 2. The molecule has 26 heavy (non-hydrogen) atoms. The van der Waals surface area contributed by atoms with Gasteiger partial charge in [0, 0.05) is 31.6 Å². The number of hydrogen-bond acceptors (Lipinski definition) is 3. The lowest BCUT2D eigenvalue weighted by atomic mass is 9.94. The summed E-state index contributed by atoms with van der Waals surface area (Å²) in [6, 6.07) is 13.5. The van der Waals surface area contributed by atoms with E-state index in [0.717, 1.165) is 10.8 Å². The van der Waals surface area contributed by atoms with Crippen LogP contribution < -0.4 is 0 Å². The van der Waals surface area contributed by atoms with E-state index in [1.54, 1.807) is 4.90 Å². The van der Waals surface area contributed by atoms with Crippen molar-refractivity contribution in [2.45, 2.75) is 12.8 Å². The average molecular weight is 354 g/mol. The molecule has 6 nitrogen and oxygen atoms in total. The molecule has 0 unspecified atom stereocenters. The molecule has 2 aromatic rings. The number of nitrogens with zero attached hydrogens (tertiary/aromatic N) is 2. The van der Waals surface area contributed by atoms with Crippen molar-refractivity contribution in [2.75, 3.05) is 26.7 Å². The SMILES string of the molecule is CN(CC(=O)O)C(=O)C1CCN(C(=O)c2cccc3ccccc23)CC1. The van der Waals surface area contributed by atoms with E-state index in [9.17, 15) is 14.4 Å². The van der Waals surface area contributed by atoms with Gasteiger partial charge in [0.25, 0.3) is 5.91 Å². The monoisotopic (exact) mass is 354 g/mol. The van der Waals surface area contributed by atoms with E-state index in [2.05, 4.69) is 0 Å². The molecule has 136 valence electrons. The number of likely N-dealkylation sites (N-methyl/N-ethyl adjacent to an activating group) is 1. The van der Waals surface area contributed by atoms with Gasteiger partial charge in [0.1, 0.15) is 6.54 Å². The van der Waals surface area contributed by atoms with Crippen LogP contribution in [0.2, 0.25) is 0 Å². The fourth-order valence-corrected chi connectivity index (χ4v) is 3.50. The van der Waals surface area contributed by atoms with Crippen LogP contribution in [0, 0.1) is 5.92 Å². The van der Waals surface area contributed by atoms with Crippen molar-refractivity contribution in [3.63, 3.8) is 0 Å². The maximum absolute atomic E-state index is 12.9. The minimum Gasteiger partial charge on any atom is -0.480 e. The highest BCUT2D eigenvalue weighted by Crippen LogP contribution is 2.24. The second-order valence-corrected chi connectivity index (χ2v) is 6.68. The summed E-state index contributed by atoms with van der Waals surface area (Å²) in [6.45, 7) is 0.701. The van der Waals surface area contributed by atoms with E-state index < -0.39 is 5.97 Å². The number of fused-ring (bicyclic) bond motifs is 1. The van der Waals surface area contributed by atoms with Crippen LogP contribution in [0.5, 0.6) is 0 Å². The molecule has 0 aromatic heterocycles. The number of amides is 2. The predicted octanol–water partition coefficient (Wildman–Crippen LogP) is 2.23. The molecule has 1 aliphatic heterocycles. The number of carbonyl (C=O) groups is 3. The molecule has 0 saturated carbocycles. The lowest BCUT2D eigenvalue weighted by Gasteiger charge is -2.33. The summed E-state index contributed by atoms with van der Waals surface area (Å²) in [5, 5.41) is 10.8. The third kappa shape index (κ3) is 3.69. The van der Waals surface area contributed by atoms with Gasteiger partial charge in [-0.15, -0.1) is 0 Å². The van der Waals surface area contributed by atoms with Crippen molar-refractivity contribution < 1.29 is 19.5 Å². The van der Waals surface area contributed by atoms with Gasteiger partial charge in [-0.05, 0) is 29.7 Å². The molecular formula is C20H22N2O4. The average Bonchev–Trinajstić information content (AvgIpc) is 2.66. The molecule has 3 rings (SSSR count). The standard InChI is InChI=1S/C20H22N2O4/c1-21(13-18(23)24)19(25)15-9-11-22(12-10-15)20(26)17-8-4-6-14-5-2-3-7-16(14)17/h2-8,15H,9-13H2,1H3,(H,23,24). The van der Waals surface area contributed by atoms with E-state index in [0.29, 0.717) is 31.5 Å². The highest BCUT2D eigenvalue weighted by molar-refractivity contribution is 6.07. The highest BCUT2D eigenvalue weighted by Gasteiger charge is 2.30.